The van der Waals surface area contributed by atoms with E-state index >= 15 is 0 Å². The molecule has 72 valence electrons. The van der Waals surface area contributed by atoms with Gasteiger partial charge in [-0.1, -0.05) is 32.9 Å². The van der Waals surface area contributed by atoms with Crippen molar-refractivity contribution in [3.8, 4) is 0 Å². The zero-order chi connectivity index (χ0) is 9.91. The Balaban J connectivity index is 2.56. The second-order valence-electron chi connectivity index (χ2n) is 5.14. The predicted molar refractivity (Wildman–Crippen MR) is 50.1 cm³/mol. The zero-order valence-electron chi connectivity index (χ0n) is 8.37. The van der Waals surface area contributed by atoms with E-state index in [1.807, 2.05) is 13.0 Å². The number of allylic oxidation sites excluding steroid dienone is 1. The molecular formula is C11H16O2. The first kappa shape index (κ1) is 8.95. The molecule has 2 aliphatic rings. The van der Waals surface area contributed by atoms with Gasteiger partial charge < -0.3 is 9.90 Å². The molecule has 1 N–H and O–H groups in total. The fourth-order valence-electron chi connectivity index (χ4n) is 2.89. The number of hydrogen-bond acceptors (Lipinski definition) is 2. The lowest BCUT2D eigenvalue weighted by molar-refractivity contribution is -0.134. The molecule has 2 bridgehead atoms. The normalized spacial score (nSPS) is 51.2. The maximum Gasteiger partial charge on any atom is 0.152 e. The van der Waals surface area contributed by atoms with Crippen molar-refractivity contribution in [2.24, 2.45) is 16.7 Å². The molecule has 1 fully saturated rings. The second kappa shape index (κ2) is 2.06. The minimum Gasteiger partial charge on any atom is -0.381 e. The molecule has 0 heterocycles. The molecule has 2 rings (SSSR count). The Morgan fingerprint density at radius 2 is 2.08 bits per heavy atom. The highest BCUT2D eigenvalue weighted by atomic mass is 16.3. The first-order chi connectivity index (χ1) is 5.87. The summed E-state index contributed by atoms with van der Waals surface area (Å²) in [6, 6.07) is 0. The highest BCUT2D eigenvalue weighted by Gasteiger charge is 2.66. The van der Waals surface area contributed by atoms with Gasteiger partial charge in [0.25, 0.3) is 0 Å². The van der Waals surface area contributed by atoms with Gasteiger partial charge in [-0.2, -0.15) is 0 Å². The van der Waals surface area contributed by atoms with Crippen molar-refractivity contribution in [2.75, 3.05) is 0 Å². The fraction of sp³-hybridized carbons (Fsp3) is 0.727. The third kappa shape index (κ3) is 0.715. The number of aliphatic hydroxyl groups is 1. The van der Waals surface area contributed by atoms with Gasteiger partial charge in [-0.25, -0.2) is 0 Å². The summed E-state index contributed by atoms with van der Waals surface area (Å²) in [6.07, 6.45) is 5.45. The fourth-order valence-corrected chi connectivity index (χ4v) is 2.89. The van der Waals surface area contributed by atoms with E-state index in [0.717, 1.165) is 6.29 Å². The van der Waals surface area contributed by atoms with E-state index in [1.54, 1.807) is 0 Å². The van der Waals surface area contributed by atoms with Crippen molar-refractivity contribution in [1.82, 2.24) is 0 Å². The summed E-state index contributed by atoms with van der Waals surface area (Å²) in [6.45, 7) is 6.23. The molecule has 0 spiro atoms. The highest BCUT2D eigenvalue weighted by Crippen LogP contribution is 2.65. The number of aldehydes is 1. The maximum absolute atomic E-state index is 10.9. The van der Waals surface area contributed by atoms with Crippen molar-refractivity contribution in [2.45, 2.75) is 32.8 Å². The topological polar surface area (TPSA) is 37.3 Å². The average molecular weight is 180 g/mol. The minimum absolute atomic E-state index is 0.00264. The van der Waals surface area contributed by atoms with Crippen LogP contribution in [0.25, 0.3) is 0 Å². The first-order valence-corrected chi connectivity index (χ1v) is 4.75. The van der Waals surface area contributed by atoms with Crippen LogP contribution >= 0.6 is 0 Å². The van der Waals surface area contributed by atoms with E-state index in [1.165, 1.54) is 0 Å². The number of fused-ring (bicyclic) bond motifs is 2. The smallest absolute Gasteiger partial charge is 0.152 e. The van der Waals surface area contributed by atoms with Crippen LogP contribution in [-0.2, 0) is 4.79 Å². The molecule has 0 aromatic heterocycles. The van der Waals surface area contributed by atoms with Gasteiger partial charge in [0.05, 0.1) is 0 Å². The highest BCUT2D eigenvalue weighted by molar-refractivity contribution is 5.68. The van der Waals surface area contributed by atoms with Crippen molar-refractivity contribution in [1.29, 1.82) is 0 Å². The Kier molecular flexibility index (Phi) is 1.42. The van der Waals surface area contributed by atoms with Crippen LogP contribution in [0.1, 0.15) is 27.2 Å². The average Bonchev–Trinajstić information content (AvgIpc) is 2.36. The Morgan fingerprint density at radius 3 is 2.31 bits per heavy atom. The molecule has 13 heavy (non-hydrogen) atoms. The lowest BCUT2D eigenvalue weighted by Gasteiger charge is -2.40. The summed E-state index contributed by atoms with van der Waals surface area (Å²) >= 11 is 0. The molecule has 2 nitrogen and oxygen atoms in total. The zero-order valence-corrected chi connectivity index (χ0v) is 8.37. The molecule has 0 aromatic carbocycles. The van der Waals surface area contributed by atoms with Gasteiger partial charge in [0.2, 0.25) is 0 Å². The Hall–Kier alpha value is -0.630. The van der Waals surface area contributed by atoms with Crippen LogP contribution in [0.2, 0.25) is 0 Å². The summed E-state index contributed by atoms with van der Waals surface area (Å²) in [4.78, 5) is 10.9. The van der Waals surface area contributed by atoms with E-state index in [-0.39, 0.29) is 10.8 Å². The van der Waals surface area contributed by atoms with Gasteiger partial charge >= 0.3 is 0 Å². The van der Waals surface area contributed by atoms with E-state index < -0.39 is 5.60 Å². The Morgan fingerprint density at radius 1 is 1.46 bits per heavy atom. The molecule has 0 aliphatic heterocycles. The van der Waals surface area contributed by atoms with E-state index in [0.29, 0.717) is 12.3 Å². The molecule has 2 aliphatic carbocycles. The monoisotopic (exact) mass is 180 g/mol. The predicted octanol–water partition coefficient (Wildman–Crippen LogP) is 1.54. The first-order valence-electron chi connectivity index (χ1n) is 4.75. The van der Waals surface area contributed by atoms with Gasteiger partial charge in [0.1, 0.15) is 5.60 Å². The summed E-state index contributed by atoms with van der Waals surface area (Å²) in [5.74, 6) is 0.340. The summed E-state index contributed by atoms with van der Waals surface area (Å²) in [5.41, 5.74) is -1.52. The van der Waals surface area contributed by atoms with Gasteiger partial charge in [0, 0.05) is 5.41 Å². The van der Waals surface area contributed by atoms with Crippen molar-refractivity contribution in [3.63, 3.8) is 0 Å². The van der Waals surface area contributed by atoms with Crippen molar-refractivity contribution < 1.29 is 9.90 Å². The summed E-state index contributed by atoms with van der Waals surface area (Å²) in [5, 5.41) is 10.2. The third-order valence-corrected chi connectivity index (χ3v) is 4.55. The summed E-state index contributed by atoms with van der Waals surface area (Å²) < 4.78 is 0. The lowest BCUT2D eigenvalue weighted by Crippen LogP contribution is -2.47. The lowest BCUT2D eigenvalue weighted by atomic mass is 9.65. The largest absolute Gasteiger partial charge is 0.381 e. The molecule has 0 radical (unpaired) electrons. The molecule has 0 unspecified atom stereocenters. The maximum atomic E-state index is 10.9. The van der Waals surface area contributed by atoms with Crippen LogP contribution in [0, 0.1) is 16.7 Å². The van der Waals surface area contributed by atoms with Gasteiger partial charge in [-0.3, -0.25) is 0 Å². The third-order valence-electron chi connectivity index (χ3n) is 4.55. The van der Waals surface area contributed by atoms with Gasteiger partial charge in [-0.15, -0.1) is 0 Å². The quantitative estimate of drug-likeness (QED) is 0.491. The van der Waals surface area contributed by atoms with Crippen LogP contribution in [0.4, 0.5) is 0 Å². The van der Waals surface area contributed by atoms with E-state index in [4.69, 9.17) is 0 Å². The van der Waals surface area contributed by atoms with Crippen LogP contribution in [0.3, 0.4) is 0 Å². The molecule has 0 amide bonds. The summed E-state index contributed by atoms with van der Waals surface area (Å²) in [7, 11) is 0. The minimum atomic E-state index is -1.14. The molecule has 1 saturated carbocycles. The van der Waals surface area contributed by atoms with Crippen LogP contribution < -0.4 is 0 Å². The molecule has 0 aromatic rings. The second-order valence-corrected chi connectivity index (χ2v) is 5.14. The number of carbonyl (C=O) groups excluding carboxylic acids is 1. The van der Waals surface area contributed by atoms with Crippen molar-refractivity contribution in [3.05, 3.63) is 12.2 Å². The SMILES string of the molecule is CC1(C)[C@H]2C=C[C@@]1(C)[C@](O)(C=O)C2. The van der Waals surface area contributed by atoms with Crippen LogP contribution in [0.5, 0.6) is 0 Å². The molecular weight excluding hydrogens is 164 g/mol. The van der Waals surface area contributed by atoms with E-state index in [9.17, 15) is 9.90 Å². The Labute approximate surface area is 78.6 Å². The number of rotatable bonds is 1. The van der Waals surface area contributed by atoms with Crippen LogP contribution in [-0.4, -0.2) is 17.0 Å². The molecule has 2 heteroatoms. The van der Waals surface area contributed by atoms with Gasteiger partial charge in [0.15, 0.2) is 6.29 Å². The van der Waals surface area contributed by atoms with Crippen molar-refractivity contribution >= 4 is 6.29 Å². The molecule has 3 atom stereocenters. The Bertz CT molecular complexity index is 292. The number of hydrogen-bond donors (Lipinski definition) is 1. The van der Waals surface area contributed by atoms with E-state index in [2.05, 4.69) is 19.9 Å². The number of carbonyl (C=O) groups is 1. The van der Waals surface area contributed by atoms with Gasteiger partial charge in [-0.05, 0) is 17.8 Å². The standard InChI is InChI=1S/C11H16O2/c1-9(2)8-4-5-10(9,3)11(13,6-8)7-12/h4-5,7-8,13H,6H2,1-3H3/t8-,10+,11+/m0/s1. The van der Waals surface area contributed by atoms with Crippen LogP contribution in [0.15, 0.2) is 12.2 Å². The molecule has 0 saturated heterocycles.